The van der Waals surface area contributed by atoms with Crippen LogP contribution < -0.4 is 0 Å². The Hall–Kier alpha value is -1.02. The van der Waals surface area contributed by atoms with Gasteiger partial charge in [-0.25, -0.2) is 12.8 Å². The van der Waals surface area contributed by atoms with Gasteiger partial charge in [-0.2, -0.15) is 4.31 Å². The maximum absolute atomic E-state index is 13.4. The highest BCUT2D eigenvalue weighted by atomic mass is 32.2. The molecule has 1 aromatic rings. The second-order valence-electron chi connectivity index (χ2n) is 5.98. The lowest BCUT2D eigenvalue weighted by atomic mass is 10.0. The molecule has 0 bridgehead atoms. The summed E-state index contributed by atoms with van der Waals surface area (Å²) in [5.41, 5.74) is -0.269. The highest BCUT2D eigenvalue weighted by Gasteiger charge is 2.37. The number of aliphatic hydroxyl groups is 1. The van der Waals surface area contributed by atoms with E-state index in [1.807, 2.05) is 20.9 Å². The molecule has 1 saturated heterocycles. The van der Waals surface area contributed by atoms with Crippen molar-refractivity contribution in [3.8, 4) is 0 Å². The Kier molecular flexibility index (Phi) is 4.39. The van der Waals surface area contributed by atoms with Crippen LogP contribution in [0.5, 0.6) is 0 Å². The standard InChI is InChI=1S/C14H21FN2O3S/c1-14(2)10-17(7-6-16(14)3)21(19,20)12-4-5-13(15)11(8-12)9-18/h4-5,8,18H,6-7,9-10H2,1-3H3. The Morgan fingerprint density at radius 2 is 2.00 bits per heavy atom. The van der Waals surface area contributed by atoms with Crippen molar-refractivity contribution < 1.29 is 17.9 Å². The van der Waals surface area contributed by atoms with Gasteiger partial charge < -0.3 is 5.11 Å². The Labute approximate surface area is 125 Å². The maximum Gasteiger partial charge on any atom is 0.243 e. The van der Waals surface area contributed by atoms with Crippen LogP contribution in [0.4, 0.5) is 4.39 Å². The summed E-state index contributed by atoms with van der Waals surface area (Å²) in [6, 6.07) is 3.53. The van der Waals surface area contributed by atoms with E-state index in [-0.39, 0.29) is 16.0 Å². The van der Waals surface area contributed by atoms with E-state index in [0.29, 0.717) is 19.6 Å². The van der Waals surface area contributed by atoms with Crippen molar-refractivity contribution in [1.29, 1.82) is 0 Å². The average Bonchev–Trinajstić information content (AvgIpc) is 2.42. The Morgan fingerprint density at radius 3 is 2.57 bits per heavy atom. The minimum atomic E-state index is -3.68. The lowest BCUT2D eigenvalue weighted by molar-refractivity contribution is 0.0801. The zero-order chi connectivity index (χ0) is 15.8. The second kappa shape index (κ2) is 5.64. The molecule has 0 radical (unpaired) electrons. The first-order valence-corrected chi connectivity index (χ1v) is 8.23. The predicted molar refractivity (Wildman–Crippen MR) is 77.8 cm³/mol. The molecule has 0 unspecified atom stereocenters. The van der Waals surface area contributed by atoms with Crippen molar-refractivity contribution in [2.24, 2.45) is 0 Å². The van der Waals surface area contributed by atoms with E-state index >= 15 is 0 Å². The molecule has 0 saturated carbocycles. The number of rotatable bonds is 3. The van der Waals surface area contributed by atoms with Crippen molar-refractivity contribution >= 4 is 10.0 Å². The first-order valence-electron chi connectivity index (χ1n) is 6.79. The van der Waals surface area contributed by atoms with Crippen LogP contribution in [-0.2, 0) is 16.6 Å². The Morgan fingerprint density at radius 1 is 1.33 bits per heavy atom. The molecule has 2 rings (SSSR count). The first kappa shape index (κ1) is 16.4. The summed E-state index contributed by atoms with van der Waals surface area (Å²) < 4.78 is 40.1. The lowest BCUT2D eigenvalue weighted by Gasteiger charge is -2.44. The molecule has 1 fully saturated rings. The van der Waals surface area contributed by atoms with Crippen LogP contribution in [0.15, 0.2) is 23.1 Å². The number of benzene rings is 1. The van der Waals surface area contributed by atoms with Gasteiger partial charge in [0, 0.05) is 30.7 Å². The van der Waals surface area contributed by atoms with Gasteiger partial charge in [-0.3, -0.25) is 4.90 Å². The van der Waals surface area contributed by atoms with Crippen LogP contribution >= 0.6 is 0 Å². The number of sulfonamides is 1. The molecule has 0 spiro atoms. The number of piperazine rings is 1. The molecule has 0 aliphatic carbocycles. The molecular formula is C14H21FN2O3S. The molecule has 1 heterocycles. The Bertz CT molecular complexity index is 631. The minimum absolute atomic E-state index is 0.00976. The summed E-state index contributed by atoms with van der Waals surface area (Å²) in [5, 5.41) is 9.08. The topological polar surface area (TPSA) is 60.9 Å². The summed E-state index contributed by atoms with van der Waals surface area (Å²) in [5.74, 6) is -0.602. The second-order valence-corrected chi connectivity index (χ2v) is 7.92. The zero-order valence-corrected chi connectivity index (χ0v) is 13.3. The minimum Gasteiger partial charge on any atom is -0.392 e. The largest absolute Gasteiger partial charge is 0.392 e. The molecule has 118 valence electrons. The van der Waals surface area contributed by atoms with Gasteiger partial charge in [-0.05, 0) is 39.1 Å². The lowest BCUT2D eigenvalue weighted by Crippen LogP contribution is -2.58. The van der Waals surface area contributed by atoms with Crippen molar-refractivity contribution in [3.63, 3.8) is 0 Å². The van der Waals surface area contributed by atoms with Crippen LogP contribution in [0.3, 0.4) is 0 Å². The third kappa shape index (κ3) is 3.11. The molecule has 1 N–H and O–H groups in total. The van der Waals surface area contributed by atoms with Crippen LogP contribution in [0.1, 0.15) is 19.4 Å². The number of aliphatic hydroxyl groups excluding tert-OH is 1. The molecule has 7 heteroatoms. The van der Waals surface area contributed by atoms with Crippen molar-refractivity contribution in [2.45, 2.75) is 30.9 Å². The van der Waals surface area contributed by atoms with Gasteiger partial charge in [0.2, 0.25) is 10.0 Å². The van der Waals surface area contributed by atoms with Gasteiger partial charge in [-0.1, -0.05) is 0 Å². The molecular weight excluding hydrogens is 295 g/mol. The third-order valence-electron chi connectivity index (χ3n) is 4.11. The highest BCUT2D eigenvalue weighted by Crippen LogP contribution is 2.25. The van der Waals surface area contributed by atoms with Crippen LogP contribution in [0, 0.1) is 5.82 Å². The van der Waals surface area contributed by atoms with E-state index in [4.69, 9.17) is 5.11 Å². The fraction of sp³-hybridized carbons (Fsp3) is 0.571. The normalized spacial score (nSPS) is 20.6. The quantitative estimate of drug-likeness (QED) is 0.905. The molecule has 1 aromatic carbocycles. The maximum atomic E-state index is 13.4. The first-order chi connectivity index (χ1) is 9.68. The summed E-state index contributed by atoms with van der Waals surface area (Å²) in [6.07, 6.45) is 0. The van der Waals surface area contributed by atoms with Crippen LogP contribution in [0.25, 0.3) is 0 Å². The Balaban J connectivity index is 2.34. The van der Waals surface area contributed by atoms with Gasteiger partial charge in [0.15, 0.2) is 0 Å². The fourth-order valence-electron chi connectivity index (χ4n) is 2.38. The third-order valence-corrected chi connectivity index (χ3v) is 5.95. The SMILES string of the molecule is CN1CCN(S(=O)(=O)c2ccc(F)c(CO)c2)CC1(C)C. The van der Waals surface area contributed by atoms with E-state index in [0.717, 1.165) is 6.07 Å². The summed E-state index contributed by atoms with van der Waals surface area (Å²) in [4.78, 5) is 2.14. The van der Waals surface area contributed by atoms with Gasteiger partial charge in [0.05, 0.1) is 11.5 Å². The van der Waals surface area contributed by atoms with E-state index in [9.17, 15) is 12.8 Å². The number of hydrogen-bond acceptors (Lipinski definition) is 4. The number of hydrogen-bond donors (Lipinski definition) is 1. The molecule has 0 atom stereocenters. The van der Waals surface area contributed by atoms with Crippen molar-refractivity contribution in [3.05, 3.63) is 29.6 Å². The van der Waals surface area contributed by atoms with E-state index in [1.54, 1.807) is 0 Å². The summed E-state index contributed by atoms with van der Waals surface area (Å²) in [7, 11) is -1.71. The number of halogens is 1. The van der Waals surface area contributed by atoms with Gasteiger partial charge in [-0.15, -0.1) is 0 Å². The van der Waals surface area contributed by atoms with Gasteiger partial charge in [0.25, 0.3) is 0 Å². The molecule has 0 amide bonds. The van der Waals surface area contributed by atoms with Gasteiger partial charge in [0.1, 0.15) is 5.82 Å². The molecule has 1 aliphatic rings. The smallest absolute Gasteiger partial charge is 0.243 e. The monoisotopic (exact) mass is 316 g/mol. The summed E-state index contributed by atoms with van der Waals surface area (Å²) >= 11 is 0. The number of nitrogens with zero attached hydrogens (tertiary/aromatic N) is 2. The molecule has 1 aliphatic heterocycles. The predicted octanol–water partition coefficient (Wildman–Crippen LogP) is 1.03. The molecule has 0 aromatic heterocycles. The summed E-state index contributed by atoms with van der Waals surface area (Å²) in [6.45, 7) is 4.85. The van der Waals surface area contributed by atoms with Crippen LogP contribution in [0.2, 0.25) is 0 Å². The number of likely N-dealkylation sites (N-methyl/N-ethyl adjacent to an activating group) is 1. The van der Waals surface area contributed by atoms with Crippen molar-refractivity contribution in [2.75, 3.05) is 26.7 Å². The van der Waals surface area contributed by atoms with Crippen molar-refractivity contribution in [1.82, 2.24) is 9.21 Å². The fourth-order valence-corrected chi connectivity index (χ4v) is 4.02. The molecule has 5 nitrogen and oxygen atoms in total. The van der Waals surface area contributed by atoms with Crippen LogP contribution in [-0.4, -0.2) is 55.0 Å². The van der Waals surface area contributed by atoms with E-state index in [2.05, 4.69) is 4.90 Å². The average molecular weight is 316 g/mol. The zero-order valence-electron chi connectivity index (χ0n) is 12.5. The molecule has 21 heavy (non-hydrogen) atoms. The van der Waals surface area contributed by atoms with Gasteiger partial charge >= 0.3 is 0 Å². The highest BCUT2D eigenvalue weighted by molar-refractivity contribution is 7.89. The van der Waals surface area contributed by atoms with E-state index < -0.39 is 22.4 Å². The van der Waals surface area contributed by atoms with E-state index in [1.165, 1.54) is 16.4 Å².